The number of thioether (sulfide) groups is 1. The molecular formula is C22H12F5NO3S2. The summed E-state index contributed by atoms with van der Waals surface area (Å²) in [5, 5.41) is 2.47. The maximum absolute atomic E-state index is 14.0. The van der Waals surface area contributed by atoms with E-state index < -0.39 is 61.7 Å². The lowest BCUT2D eigenvalue weighted by Crippen LogP contribution is -2.18. The fourth-order valence-corrected chi connectivity index (χ4v) is 5.54. The van der Waals surface area contributed by atoms with E-state index in [0.29, 0.717) is 12.1 Å². The van der Waals surface area contributed by atoms with Crippen molar-refractivity contribution in [2.75, 3.05) is 5.32 Å². The number of sulfone groups is 1. The van der Waals surface area contributed by atoms with Crippen molar-refractivity contribution >= 4 is 39.3 Å². The molecule has 1 heterocycles. The predicted octanol–water partition coefficient (Wildman–Crippen LogP) is 5.44. The smallest absolute Gasteiger partial charge is 0.262 e. The van der Waals surface area contributed by atoms with Crippen LogP contribution < -0.4 is 5.32 Å². The van der Waals surface area contributed by atoms with Crippen LogP contribution in [0.1, 0.15) is 11.1 Å². The van der Waals surface area contributed by atoms with Crippen molar-refractivity contribution < 1.29 is 35.2 Å². The largest absolute Gasteiger partial charge is 0.320 e. The van der Waals surface area contributed by atoms with Gasteiger partial charge in [0.25, 0.3) is 5.91 Å². The highest BCUT2D eigenvalue weighted by molar-refractivity contribution is 8.04. The van der Waals surface area contributed by atoms with Crippen molar-refractivity contribution in [3.63, 3.8) is 0 Å². The average molecular weight is 497 g/mol. The average Bonchev–Trinajstić information content (AvgIpc) is 2.73. The fourth-order valence-electron chi connectivity index (χ4n) is 3.09. The molecule has 0 aliphatic carbocycles. The molecule has 0 bridgehead atoms. The number of carbonyl (C=O) groups excluding carboxylic acids is 1. The van der Waals surface area contributed by atoms with E-state index in [1.54, 1.807) is 0 Å². The molecule has 0 saturated carbocycles. The van der Waals surface area contributed by atoms with Gasteiger partial charge in [-0.1, -0.05) is 17.8 Å². The van der Waals surface area contributed by atoms with E-state index in [1.807, 2.05) is 0 Å². The standard InChI is InChI=1S/C22H12F5NO3S2/c23-11-6-17(26)13(18(27)7-11)9-21-22(29)28-19-5-4-12(8-20(19)32-21)33(30,31)10-14-15(24)2-1-3-16(14)25/h1-9H,10H2,(H,28,29)/b21-9+. The summed E-state index contributed by atoms with van der Waals surface area (Å²) in [5.74, 6) is -7.22. The second-order valence-electron chi connectivity index (χ2n) is 6.97. The van der Waals surface area contributed by atoms with Crippen LogP contribution in [0.5, 0.6) is 0 Å². The molecule has 4 nitrogen and oxygen atoms in total. The molecule has 11 heteroatoms. The van der Waals surface area contributed by atoms with Crippen LogP contribution in [0.15, 0.2) is 63.2 Å². The molecule has 1 aliphatic heterocycles. The molecule has 0 atom stereocenters. The van der Waals surface area contributed by atoms with Gasteiger partial charge in [-0.05, 0) is 36.4 Å². The second-order valence-corrected chi connectivity index (χ2v) is 10.0. The molecule has 4 rings (SSSR count). The van der Waals surface area contributed by atoms with Gasteiger partial charge in [-0.25, -0.2) is 30.4 Å². The van der Waals surface area contributed by atoms with E-state index in [-0.39, 0.29) is 20.4 Å². The number of rotatable bonds is 4. The lowest BCUT2D eigenvalue weighted by molar-refractivity contribution is -0.112. The van der Waals surface area contributed by atoms with Gasteiger partial charge in [0.05, 0.1) is 21.2 Å². The van der Waals surface area contributed by atoms with Crippen LogP contribution in [-0.2, 0) is 20.4 Å². The summed E-state index contributed by atoms with van der Waals surface area (Å²) in [6.45, 7) is 0. The molecule has 0 fully saturated rings. The topological polar surface area (TPSA) is 63.2 Å². The van der Waals surface area contributed by atoms with Gasteiger partial charge < -0.3 is 5.32 Å². The van der Waals surface area contributed by atoms with Crippen LogP contribution in [0.25, 0.3) is 6.08 Å². The molecule has 0 radical (unpaired) electrons. The summed E-state index contributed by atoms with van der Waals surface area (Å²) < 4.78 is 94.5. The number of carbonyl (C=O) groups is 1. The molecule has 1 aliphatic rings. The first-order valence-corrected chi connectivity index (χ1v) is 11.7. The van der Waals surface area contributed by atoms with Gasteiger partial charge >= 0.3 is 0 Å². The van der Waals surface area contributed by atoms with E-state index in [4.69, 9.17) is 0 Å². The molecular weight excluding hydrogens is 485 g/mol. The molecule has 170 valence electrons. The highest BCUT2D eigenvalue weighted by Crippen LogP contribution is 2.41. The van der Waals surface area contributed by atoms with Crippen molar-refractivity contribution in [2.24, 2.45) is 0 Å². The van der Waals surface area contributed by atoms with Crippen molar-refractivity contribution in [3.8, 4) is 0 Å². The highest BCUT2D eigenvalue weighted by Gasteiger charge is 2.26. The Morgan fingerprint density at radius 2 is 1.52 bits per heavy atom. The Morgan fingerprint density at radius 1 is 0.879 bits per heavy atom. The zero-order chi connectivity index (χ0) is 23.9. The summed E-state index contributed by atoms with van der Waals surface area (Å²) in [4.78, 5) is 12.1. The Labute approximate surface area is 189 Å². The van der Waals surface area contributed by atoms with E-state index in [0.717, 1.165) is 36.0 Å². The van der Waals surface area contributed by atoms with E-state index in [9.17, 15) is 35.2 Å². The Morgan fingerprint density at radius 3 is 2.15 bits per heavy atom. The van der Waals surface area contributed by atoms with Crippen molar-refractivity contribution in [3.05, 3.63) is 93.6 Å². The highest BCUT2D eigenvalue weighted by atomic mass is 32.2. The number of hydrogen-bond acceptors (Lipinski definition) is 4. The van der Waals surface area contributed by atoms with Crippen LogP contribution in [0.4, 0.5) is 27.6 Å². The Bertz CT molecular complexity index is 1390. The minimum atomic E-state index is -4.19. The molecule has 33 heavy (non-hydrogen) atoms. The monoisotopic (exact) mass is 497 g/mol. The van der Waals surface area contributed by atoms with Gasteiger partial charge in [0, 0.05) is 28.2 Å². The number of anilines is 1. The number of benzene rings is 3. The second kappa shape index (κ2) is 8.64. The molecule has 0 saturated heterocycles. The first-order chi connectivity index (χ1) is 15.5. The van der Waals surface area contributed by atoms with Crippen molar-refractivity contribution in [2.45, 2.75) is 15.5 Å². The van der Waals surface area contributed by atoms with Crippen molar-refractivity contribution in [1.82, 2.24) is 0 Å². The lowest BCUT2D eigenvalue weighted by atomic mass is 10.1. The van der Waals surface area contributed by atoms with E-state index in [1.165, 1.54) is 18.2 Å². The Hall–Kier alpha value is -3.18. The number of fused-ring (bicyclic) bond motifs is 1. The summed E-state index contributed by atoms with van der Waals surface area (Å²) >= 11 is 0.734. The predicted molar refractivity (Wildman–Crippen MR) is 112 cm³/mol. The third-order valence-electron chi connectivity index (χ3n) is 4.72. The molecule has 0 aromatic heterocycles. The number of nitrogens with one attached hydrogen (secondary N) is 1. The molecule has 1 N–H and O–H groups in total. The number of hydrogen-bond donors (Lipinski definition) is 1. The quantitative estimate of drug-likeness (QED) is 0.385. The molecule has 3 aromatic carbocycles. The van der Waals surface area contributed by atoms with Gasteiger partial charge in [0.2, 0.25) is 0 Å². The van der Waals surface area contributed by atoms with Crippen molar-refractivity contribution in [1.29, 1.82) is 0 Å². The van der Waals surface area contributed by atoms with E-state index >= 15 is 0 Å². The fraction of sp³-hybridized carbons (Fsp3) is 0.0455. The normalized spacial score (nSPS) is 14.8. The molecule has 1 amide bonds. The first-order valence-electron chi connectivity index (χ1n) is 9.20. The molecule has 0 spiro atoms. The first kappa shape index (κ1) is 23.0. The summed E-state index contributed by atoms with van der Waals surface area (Å²) in [6, 6.07) is 7.55. The maximum Gasteiger partial charge on any atom is 0.262 e. The SMILES string of the molecule is O=C1Nc2ccc(S(=O)(=O)Cc3c(F)cccc3F)cc2S/C1=C/c1c(F)cc(F)cc1F. The molecule has 3 aromatic rings. The Balaban J connectivity index is 1.69. The van der Waals surface area contributed by atoms with Gasteiger partial charge in [-0.15, -0.1) is 0 Å². The van der Waals surface area contributed by atoms with Crippen LogP contribution in [-0.4, -0.2) is 14.3 Å². The van der Waals surface area contributed by atoms with Gasteiger partial charge in [-0.2, -0.15) is 0 Å². The van der Waals surface area contributed by atoms with Crippen LogP contribution in [0.3, 0.4) is 0 Å². The summed E-state index contributed by atoms with van der Waals surface area (Å²) in [5.41, 5.74) is -1.02. The lowest BCUT2D eigenvalue weighted by Gasteiger charge is -2.19. The van der Waals surface area contributed by atoms with Gasteiger partial charge in [0.15, 0.2) is 9.84 Å². The Kier molecular flexibility index (Phi) is 6.02. The zero-order valence-corrected chi connectivity index (χ0v) is 18.0. The maximum atomic E-state index is 14.0. The van der Waals surface area contributed by atoms with Gasteiger partial charge in [-0.3, -0.25) is 4.79 Å². The third kappa shape index (κ3) is 4.64. The number of amides is 1. The van der Waals surface area contributed by atoms with Crippen LogP contribution in [0, 0.1) is 29.1 Å². The summed E-state index contributed by atoms with van der Waals surface area (Å²) in [7, 11) is -4.19. The minimum absolute atomic E-state index is 0.179. The van der Waals surface area contributed by atoms with Gasteiger partial charge in [0.1, 0.15) is 29.1 Å². The third-order valence-corrected chi connectivity index (χ3v) is 7.44. The number of halogens is 5. The van der Waals surface area contributed by atoms with E-state index in [2.05, 4.69) is 5.32 Å². The summed E-state index contributed by atoms with van der Waals surface area (Å²) in [6.07, 6.45) is 0.878. The molecule has 0 unspecified atom stereocenters. The zero-order valence-electron chi connectivity index (χ0n) is 16.3. The minimum Gasteiger partial charge on any atom is -0.320 e. The van der Waals surface area contributed by atoms with Crippen LogP contribution >= 0.6 is 11.8 Å². The van der Waals surface area contributed by atoms with Crippen LogP contribution in [0.2, 0.25) is 0 Å².